The van der Waals surface area contributed by atoms with E-state index in [0.29, 0.717) is 0 Å². The molecule has 1 aliphatic rings. The molecule has 0 saturated heterocycles. The molecule has 1 aromatic carbocycles. The van der Waals surface area contributed by atoms with E-state index >= 15 is 0 Å². The summed E-state index contributed by atoms with van der Waals surface area (Å²) in [4.78, 5) is 56.7. The van der Waals surface area contributed by atoms with Crippen molar-refractivity contribution in [2.45, 2.75) is 49.7 Å². The molecule has 1 aliphatic carbocycles. The Balaban J connectivity index is 2.38. The minimum Gasteiger partial charge on any atom is -0.387 e. The first-order valence-corrected chi connectivity index (χ1v) is 13.8. The third-order valence-electron chi connectivity index (χ3n) is 4.66. The lowest BCUT2D eigenvalue weighted by molar-refractivity contribution is -0.386. The van der Waals surface area contributed by atoms with Crippen LogP contribution in [0.4, 0.5) is 5.69 Å². The molecular weight excluding hydrogens is 547 g/mol. The Labute approximate surface area is 195 Å². The highest BCUT2D eigenvalue weighted by atomic mass is 31.2. The summed E-state index contributed by atoms with van der Waals surface area (Å²) in [5, 5.41) is 41.8. The number of phosphoric acid groups is 3. The van der Waals surface area contributed by atoms with Gasteiger partial charge in [0.1, 0.15) is 36.6 Å². The Kier molecular flexibility index (Phi) is 9.50. The molecule has 0 bridgehead atoms. The molecule has 200 valence electrons. The van der Waals surface area contributed by atoms with Gasteiger partial charge in [0.05, 0.1) is 16.6 Å². The van der Waals surface area contributed by atoms with Gasteiger partial charge in [-0.1, -0.05) is 12.1 Å². The average molecular weight is 569 g/mol. The fourth-order valence-electron chi connectivity index (χ4n) is 3.29. The third kappa shape index (κ3) is 8.16. The molecule has 8 N–H and O–H groups in total. The Morgan fingerprint density at radius 1 is 0.829 bits per heavy atom. The molecule has 0 radical (unpaired) electrons. The van der Waals surface area contributed by atoms with Crippen molar-refractivity contribution in [1.82, 2.24) is 0 Å². The smallest absolute Gasteiger partial charge is 0.387 e. The van der Waals surface area contributed by atoms with Crippen LogP contribution < -0.4 is 0 Å². The highest BCUT2D eigenvalue weighted by Gasteiger charge is 2.56. The molecule has 0 spiro atoms. The summed E-state index contributed by atoms with van der Waals surface area (Å²) in [6.45, 7) is 1.10. The topological polar surface area (TPSA) is 293 Å². The predicted octanol–water partition coefficient (Wildman–Crippen LogP) is -0.790. The van der Waals surface area contributed by atoms with Crippen molar-refractivity contribution in [3.8, 4) is 0 Å². The Bertz CT molecular complexity index is 1060. The fraction of sp³-hybridized carbons (Fsp3) is 0.571. The van der Waals surface area contributed by atoms with Crippen molar-refractivity contribution in [3.05, 3.63) is 39.9 Å². The molecule has 8 unspecified atom stereocenters. The van der Waals surface area contributed by atoms with Gasteiger partial charge in [-0.15, -0.1) is 0 Å². The number of hydrogen-bond donors (Lipinski definition) is 8. The number of phosphoric ester groups is 3. The number of nitro benzene ring substituents is 1. The number of nitrogens with zero attached hydrogens (tertiary/aromatic N) is 1. The van der Waals surface area contributed by atoms with Gasteiger partial charge in [0.15, 0.2) is 0 Å². The first-order valence-electron chi connectivity index (χ1n) is 9.28. The maximum Gasteiger partial charge on any atom is 0.473 e. The SMILES string of the molecule is CC(OP(=O)(O)OC1C(O)C(OP(=O)(O)O)C(O)C(O)C1OP(=O)(O)O)c1ccccc1[N+](=O)[O-]. The van der Waals surface area contributed by atoms with Crippen molar-refractivity contribution in [2.75, 3.05) is 0 Å². The summed E-state index contributed by atoms with van der Waals surface area (Å²) in [5.74, 6) is 0. The highest BCUT2D eigenvalue weighted by Crippen LogP contribution is 2.53. The van der Waals surface area contributed by atoms with E-state index in [1.165, 1.54) is 18.2 Å². The Morgan fingerprint density at radius 2 is 1.29 bits per heavy atom. The zero-order valence-electron chi connectivity index (χ0n) is 17.4. The summed E-state index contributed by atoms with van der Waals surface area (Å²) < 4.78 is 53.1. The van der Waals surface area contributed by atoms with Crippen molar-refractivity contribution >= 4 is 29.2 Å². The average Bonchev–Trinajstić information content (AvgIpc) is 2.70. The first kappa shape index (κ1) is 30.1. The number of nitro groups is 1. The van der Waals surface area contributed by atoms with Crippen LogP contribution in [0, 0.1) is 10.1 Å². The minimum atomic E-state index is -5.52. The van der Waals surface area contributed by atoms with Crippen LogP contribution in [0.2, 0.25) is 0 Å². The summed E-state index contributed by atoms with van der Waals surface area (Å²) in [7, 11) is -16.4. The van der Waals surface area contributed by atoms with Gasteiger partial charge in [-0.2, -0.15) is 0 Å². The molecule has 35 heavy (non-hydrogen) atoms. The van der Waals surface area contributed by atoms with Crippen LogP contribution in [0.25, 0.3) is 0 Å². The maximum atomic E-state index is 12.6. The zero-order chi connectivity index (χ0) is 26.9. The minimum absolute atomic E-state index is 0.194. The number of hydrogen-bond acceptors (Lipinski definition) is 12. The molecule has 1 saturated carbocycles. The summed E-state index contributed by atoms with van der Waals surface area (Å²) in [6, 6.07) is 4.90. The second kappa shape index (κ2) is 11.1. The molecule has 0 aliphatic heterocycles. The largest absolute Gasteiger partial charge is 0.473 e. The molecule has 2 rings (SSSR count). The predicted molar refractivity (Wildman–Crippen MR) is 109 cm³/mol. The molecule has 21 heteroatoms. The van der Waals surface area contributed by atoms with Gasteiger partial charge in [0, 0.05) is 6.07 Å². The van der Waals surface area contributed by atoms with Crippen LogP contribution in [-0.4, -0.2) is 81.3 Å². The van der Waals surface area contributed by atoms with Crippen LogP contribution in [0.3, 0.4) is 0 Å². The van der Waals surface area contributed by atoms with Gasteiger partial charge in [-0.3, -0.25) is 28.2 Å². The van der Waals surface area contributed by atoms with E-state index in [2.05, 4.69) is 9.05 Å². The lowest BCUT2D eigenvalue weighted by Gasteiger charge is -2.44. The van der Waals surface area contributed by atoms with E-state index < -0.39 is 76.8 Å². The number of rotatable bonds is 10. The van der Waals surface area contributed by atoms with E-state index in [0.717, 1.165) is 13.0 Å². The third-order valence-corrected chi connectivity index (χ3v) is 6.78. The van der Waals surface area contributed by atoms with Gasteiger partial charge in [-0.25, -0.2) is 13.7 Å². The number of aliphatic hydroxyl groups is 3. The second-order valence-electron chi connectivity index (χ2n) is 7.20. The van der Waals surface area contributed by atoms with Crippen molar-refractivity contribution in [3.63, 3.8) is 0 Å². The van der Waals surface area contributed by atoms with Gasteiger partial charge < -0.3 is 39.8 Å². The van der Waals surface area contributed by atoms with Gasteiger partial charge in [-0.05, 0) is 13.0 Å². The molecule has 0 heterocycles. The fourth-order valence-corrected chi connectivity index (χ4v) is 5.53. The van der Waals surface area contributed by atoms with Crippen LogP contribution in [0.5, 0.6) is 0 Å². The second-order valence-corrected chi connectivity index (χ2v) is 10.9. The molecule has 1 fully saturated rings. The summed E-state index contributed by atoms with van der Waals surface area (Å²) >= 11 is 0. The van der Waals surface area contributed by atoms with Crippen molar-refractivity contribution < 1.29 is 76.5 Å². The standard InChI is InChI=1S/C14H22NO17P3/c1-6(7-4-2-3-5-8(7)15(19)20)29-35(27,28)32-14-11(18)12(30-33(21,22)23)9(16)10(17)13(14)31-34(24,25)26/h2-6,9-14,16-18H,1H3,(H,27,28)(H2,21,22,23)(H2,24,25,26). The number of para-hydroxylation sites is 1. The van der Waals surface area contributed by atoms with E-state index in [9.17, 15) is 44.0 Å². The molecule has 0 aromatic heterocycles. The quantitative estimate of drug-likeness (QED) is 0.0972. The molecular formula is C14H22NO17P3. The van der Waals surface area contributed by atoms with Gasteiger partial charge in [0.2, 0.25) is 0 Å². The van der Waals surface area contributed by atoms with E-state index in [1.54, 1.807) is 0 Å². The Hall–Kier alpha value is -1.17. The van der Waals surface area contributed by atoms with Crippen molar-refractivity contribution in [2.24, 2.45) is 0 Å². The van der Waals surface area contributed by atoms with Crippen LogP contribution >= 0.6 is 23.5 Å². The molecule has 1 aromatic rings. The lowest BCUT2D eigenvalue weighted by Crippen LogP contribution is -2.65. The van der Waals surface area contributed by atoms with Gasteiger partial charge >= 0.3 is 23.5 Å². The van der Waals surface area contributed by atoms with E-state index in [4.69, 9.17) is 28.6 Å². The van der Waals surface area contributed by atoms with Gasteiger partial charge in [0.25, 0.3) is 5.69 Å². The summed E-state index contributed by atoms with van der Waals surface area (Å²) in [5.41, 5.74) is -0.699. The van der Waals surface area contributed by atoms with Crippen molar-refractivity contribution in [1.29, 1.82) is 0 Å². The number of aliphatic hydroxyl groups excluding tert-OH is 3. The normalized spacial score (nSPS) is 30.4. The summed E-state index contributed by atoms with van der Waals surface area (Å²) in [6.07, 6.45) is -16.3. The molecule has 0 amide bonds. The van der Waals surface area contributed by atoms with Crippen LogP contribution in [0.1, 0.15) is 18.6 Å². The number of benzene rings is 1. The van der Waals surface area contributed by atoms with E-state index in [1.807, 2.05) is 0 Å². The monoisotopic (exact) mass is 569 g/mol. The highest BCUT2D eigenvalue weighted by molar-refractivity contribution is 7.47. The van der Waals surface area contributed by atoms with E-state index in [-0.39, 0.29) is 5.56 Å². The van der Waals surface area contributed by atoms with Crippen LogP contribution in [-0.2, 0) is 31.8 Å². The maximum absolute atomic E-state index is 12.6. The molecule has 18 nitrogen and oxygen atoms in total. The molecule has 8 atom stereocenters. The Morgan fingerprint density at radius 3 is 1.80 bits per heavy atom. The first-order chi connectivity index (χ1) is 15.8. The van der Waals surface area contributed by atoms with Crippen LogP contribution in [0.15, 0.2) is 24.3 Å². The lowest BCUT2D eigenvalue weighted by atomic mass is 9.85. The zero-order valence-corrected chi connectivity index (χ0v) is 20.1.